The van der Waals surface area contributed by atoms with Crippen LogP contribution in [-0.4, -0.2) is 18.0 Å². The highest BCUT2D eigenvalue weighted by Crippen LogP contribution is 2.38. The van der Waals surface area contributed by atoms with Gasteiger partial charge in [-0.1, -0.05) is 11.6 Å². The molecule has 6 N–H and O–H groups in total. The number of ether oxygens (including phenoxy) is 3. The molecule has 0 aliphatic rings. The van der Waals surface area contributed by atoms with E-state index in [-0.39, 0.29) is 5.56 Å². The van der Waals surface area contributed by atoms with Crippen molar-refractivity contribution in [2.75, 3.05) is 18.6 Å². The van der Waals surface area contributed by atoms with Crippen LogP contribution in [0.25, 0.3) is 10.9 Å². The van der Waals surface area contributed by atoms with E-state index in [4.69, 9.17) is 43.0 Å². The summed E-state index contributed by atoms with van der Waals surface area (Å²) in [6, 6.07) is 14.8. The number of pyridine rings is 1. The Hall–Kier alpha value is -4.17. The SMILES string of the molecule is COc1cc2nccc(Oc3ccc(Oc4ccc(N)cc4Cl)c(N)c3)c2cc1C(N)=O. The highest BCUT2D eigenvalue weighted by atomic mass is 35.5. The molecule has 9 heteroatoms. The van der Waals surface area contributed by atoms with Crippen LogP contribution in [0.1, 0.15) is 10.4 Å². The van der Waals surface area contributed by atoms with Crippen LogP contribution in [0.3, 0.4) is 0 Å². The van der Waals surface area contributed by atoms with Crippen molar-refractivity contribution in [3.05, 3.63) is 71.4 Å². The number of hydrogen-bond acceptors (Lipinski definition) is 7. The summed E-state index contributed by atoms with van der Waals surface area (Å²) in [5.41, 5.74) is 19.0. The second-order valence-electron chi connectivity index (χ2n) is 6.84. The van der Waals surface area contributed by atoms with E-state index in [0.717, 1.165) is 0 Å². The normalized spacial score (nSPS) is 10.7. The van der Waals surface area contributed by atoms with Crippen molar-refractivity contribution in [2.45, 2.75) is 0 Å². The third-order valence-corrected chi connectivity index (χ3v) is 4.97. The first kappa shape index (κ1) is 21.1. The molecule has 32 heavy (non-hydrogen) atoms. The average Bonchev–Trinajstić information content (AvgIpc) is 2.76. The van der Waals surface area contributed by atoms with Gasteiger partial charge in [-0.3, -0.25) is 9.78 Å². The fraction of sp³-hybridized carbons (Fsp3) is 0.0435. The molecular weight excluding hydrogens is 432 g/mol. The Labute approximate surface area is 188 Å². The van der Waals surface area contributed by atoms with Crippen LogP contribution in [-0.2, 0) is 0 Å². The Morgan fingerprint density at radius 1 is 0.906 bits per heavy atom. The van der Waals surface area contributed by atoms with Crippen molar-refractivity contribution in [1.82, 2.24) is 4.98 Å². The van der Waals surface area contributed by atoms with Gasteiger partial charge in [0.1, 0.15) is 23.0 Å². The molecular formula is C23H19ClN4O4. The third-order valence-electron chi connectivity index (χ3n) is 4.67. The van der Waals surface area contributed by atoms with Gasteiger partial charge >= 0.3 is 0 Å². The number of anilines is 2. The van der Waals surface area contributed by atoms with Crippen molar-refractivity contribution >= 4 is 39.8 Å². The maximum Gasteiger partial charge on any atom is 0.252 e. The number of rotatable bonds is 6. The largest absolute Gasteiger partial charge is 0.496 e. The van der Waals surface area contributed by atoms with Gasteiger partial charge in [0.25, 0.3) is 5.91 Å². The minimum Gasteiger partial charge on any atom is -0.496 e. The van der Waals surface area contributed by atoms with Crippen molar-refractivity contribution in [3.63, 3.8) is 0 Å². The Kier molecular flexibility index (Phi) is 5.61. The standard InChI is InChI=1S/C23H19ClN4O4/c1-30-22-11-18-14(10-15(22)23(27)29)19(6-7-28-18)31-13-3-5-21(17(26)9-13)32-20-4-2-12(25)8-16(20)24/h2-11H,25-26H2,1H3,(H2,27,29). The number of nitrogens with zero attached hydrogens (tertiary/aromatic N) is 1. The molecule has 1 amide bonds. The number of primary amides is 1. The van der Waals surface area contributed by atoms with Crippen molar-refractivity contribution in [1.29, 1.82) is 0 Å². The number of aromatic nitrogens is 1. The van der Waals surface area contributed by atoms with Gasteiger partial charge < -0.3 is 31.4 Å². The number of nitrogens with two attached hydrogens (primary N) is 3. The van der Waals surface area contributed by atoms with E-state index in [1.807, 2.05) is 0 Å². The second kappa shape index (κ2) is 8.52. The quantitative estimate of drug-likeness (QED) is 0.361. The van der Waals surface area contributed by atoms with Crippen LogP contribution < -0.4 is 31.4 Å². The van der Waals surface area contributed by atoms with E-state index < -0.39 is 5.91 Å². The lowest BCUT2D eigenvalue weighted by Gasteiger charge is -2.14. The summed E-state index contributed by atoms with van der Waals surface area (Å²) in [5, 5.41) is 0.961. The molecule has 0 spiro atoms. The smallest absolute Gasteiger partial charge is 0.252 e. The minimum atomic E-state index is -0.620. The summed E-state index contributed by atoms with van der Waals surface area (Å²) in [5.74, 6) is 1.48. The first-order chi connectivity index (χ1) is 15.4. The number of nitrogen functional groups attached to an aromatic ring is 2. The Bertz CT molecular complexity index is 1340. The highest BCUT2D eigenvalue weighted by molar-refractivity contribution is 6.32. The minimum absolute atomic E-state index is 0.224. The maximum atomic E-state index is 11.8. The van der Waals surface area contributed by atoms with Crippen molar-refractivity contribution in [2.24, 2.45) is 5.73 Å². The van der Waals surface area contributed by atoms with E-state index in [9.17, 15) is 4.79 Å². The fourth-order valence-electron chi connectivity index (χ4n) is 3.13. The number of carbonyl (C=O) groups is 1. The number of amides is 1. The number of carbonyl (C=O) groups excluding carboxylic acids is 1. The summed E-state index contributed by atoms with van der Waals surface area (Å²) in [4.78, 5) is 16.1. The first-order valence-corrected chi connectivity index (χ1v) is 9.80. The molecule has 0 atom stereocenters. The Balaban J connectivity index is 1.65. The zero-order valence-electron chi connectivity index (χ0n) is 17.0. The zero-order valence-corrected chi connectivity index (χ0v) is 17.7. The molecule has 4 aromatic rings. The van der Waals surface area contributed by atoms with Gasteiger partial charge in [-0.25, -0.2) is 0 Å². The first-order valence-electron chi connectivity index (χ1n) is 9.42. The summed E-state index contributed by atoms with van der Waals surface area (Å²) < 4.78 is 17.0. The topological polar surface area (TPSA) is 136 Å². The zero-order chi connectivity index (χ0) is 22.8. The Morgan fingerprint density at radius 2 is 1.69 bits per heavy atom. The van der Waals surface area contributed by atoms with Crippen LogP contribution >= 0.6 is 11.6 Å². The van der Waals surface area contributed by atoms with Gasteiger partial charge in [-0.15, -0.1) is 0 Å². The van der Waals surface area contributed by atoms with Gasteiger partial charge in [-0.2, -0.15) is 0 Å². The second-order valence-corrected chi connectivity index (χ2v) is 7.24. The molecule has 3 aromatic carbocycles. The Morgan fingerprint density at radius 3 is 2.38 bits per heavy atom. The van der Waals surface area contributed by atoms with Crippen molar-refractivity contribution < 1.29 is 19.0 Å². The van der Waals surface area contributed by atoms with Crippen LogP contribution in [0.5, 0.6) is 28.7 Å². The molecule has 1 aromatic heterocycles. The van der Waals surface area contributed by atoms with Crippen molar-refractivity contribution in [3.8, 4) is 28.7 Å². The molecule has 0 saturated heterocycles. The van der Waals surface area contributed by atoms with E-state index in [2.05, 4.69) is 4.98 Å². The number of hydrogen-bond donors (Lipinski definition) is 3. The number of halogens is 1. The lowest BCUT2D eigenvalue weighted by molar-refractivity contribution is 0.0997. The average molecular weight is 451 g/mol. The predicted molar refractivity (Wildman–Crippen MR) is 124 cm³/mol. The lowest BCUT2D eigenvalue weighted by atomic mass is 10.1. The molecule has 0 aliphatic carbocycles. The molecule has 0 bridgehead atoms. The maximum absolute atomic E-state index is 11.8. The number of fused-ring (bicyclic) bond motifs is 1. The summed E-state index contributed by atoms with van der Waals surface area (Å²) in [7, 11) is 1.46. The molecule has 8 nitrogen and oxygen atoms in total. The third kappa shape index (κ3) is 4.17. The summed E-state index contributed by atoms with van der Waals surface area (Å²) >= 11 is 6.16. The van der Waals surface area contributed by atoms with Gasteiger partial charge in [0.15, 0.2) is 5.75 Å². The summed E-state index contributed by atoms with van der Waals surface area (Å²) in [6.07, 6.45) is 1.59. The fourth-order valence-corrected chi connectivity index (χ4v) is 3.35. The molecule has 0 aliphatic heterocycles. The number of benzene rings is 3. The molecule has 1 heterocycles. The van der Waals surface area contributed by atoms with E-state index >= 15 is 0 Å². The molecule has 162 valence electrons. The van der Waals surface area contributed by atoms with Gasteiger partial charge in [0, 0.05) is 29.4 Å². The molecule has 0 saturated carbocycles. The van der Waals surface area contributed by atoms with Crippen LogP contribution in [0.15, 0.2) is 60.8 Å². The molecule has 4 rings (SSSR count). The number of methoxy groups -OCH3 is 1. The van der Waals surface area contributed by atoms with E-state index in [0.29, 0.717) is 56.0 Å². The molecule has 0 unspecified atom stereocenters. The highest BCUT2D eigenvalue weighted by Gasteiger charge is 2.15. The predicted octanol–water partition coefficient (Wildman–Crippen LogP) is 4.74. The van der Waals surface area contributed by atoms with E-state index in [1.165, 1.54) is 7.11 Å². The van der Waals surface area contributed by atoms with E-state index in [1.54, 1.807) is 60.8 Å². The monoisotopic (exact) mass is 450 g/mol. The van der Waals surface area contributed by atoms with Crippen LogP contribution in [0.4, 0.5) is 11.4 Å². The van der Waals surface area contributed by atoms with Gasteiger partial charge in [0.05, 0.1) is 28.9 Å². The van der Waals surface area contributed by atoms with Crippen LogP contribution in [0.2, 0.25) is 5.02 Å². The molecule has 0 radical (unpaired) electrons. The molecule has 0 fully saturated rings. The van der Waals surface area contributed by atoms with Gasteiger partial charge in [0.2, 0.25) is 0 Å². The van der Waals surface area contributed by atoms with Crippen LogP contribution in [0, 0.1) is 0 Å². The summed E-state index contributed by atoms with van der Waals surface area (Å²) in [6.45, 7) is 0. The lowest BCUT2D eigenvalue weighted by Crippen LogP contribution is -2.12. The van der Waals surface area contributed by atoms with Gasteiger partial charge in [-0.05, 0) is 42.5 Å².